The van der Waals surface area contributed by atoms with Crippen LogP contribution in [-0.4, -0.2) is 32.8 Å². The highest BCUT2D eigenvalue weighted by molar-refractivity contribution is 5.79. The van der Waals surface area contributed by atoms with E-state index in [1.54, 1.807) is 7.11 Å². The van der Waals surface area contributed by atoms with Crippen LogP contribution in [-0.2, 0) is 17.8 Å². The maximum absolute atomic E-state index is 5.05. The van der Waals surface area contributed by atoms with Crippen molar-refractivity contribution in [1.29, 1.82) is 0 Å². The van der Waals surface area contributed by atoms with E-state index in [2.05, 4.69) is 79.2 Å². The predicted molar refractivity (Wildman–Crippen MR) is 114 cm³/mol. The van der Waals surface area contributed by atoms with Gasteiger partial charge in [0.2, 0.25) is 0 Å². The number of guanidine groups is 1. The van der Waals surface area contributed by atoms with Crippen LogP contribution in [0.2, 0.25) is 0 Å². The Morgan fingerprint density at radius 3 is 2.48 bits per heavy atom. The molecule has 0 amide bonds. The van der Waals surface area contributed by atoms with Gasteiger partial charge in [0.1, 0.15) is 0 Å². The zero-order chi connectivity index (χ0) is 19.5. The highest BCUT2D eigenvalue weighted by Crippen LogP contribution is 2.11. The van der Waals surface area contributed by atoms with Gasteiger partial charge in [-0.15, -0.1) is 0 Å². The molecule has 0 aliphatic heterocycles. The van der Waals surface area contributed by atoms with E-state index in [0.717, 1.165) is 31.3 Å². The topological polar surface area (TPSA) is 57.7 Å². The summed E-state index contributed by atoms with van der Waals surface area (Å²) in [5.74, 6) is 0.833. The molecule has 0 bridgehead atoms. The van der Waals surface area contributed by atoms with Crippen molar-refractivity contribution in [3.63, 3.8) is 0 Å². The summed E-state index contributed by atoms with van der Waals surface area (Å²) in [5.41, 5.74) is 6.15. The molecule has 3 N–H and O–H groups in total. The quantitative estimate of drug-likeness (QED) is 0.359. The van der Waals surface area contributed by atoms with Crippen molar-refractivity contribution in [2.75, 3.05) is 32.1 Å². The molecule has 146 valence electrons. The number of aliphatic imine (C=N–C) groups is 1. The van der Waals surface area contributed by atoms with Crippen LogP contribution in [0.15, 0.2) is 47.5 Å². The fourth-order valence-electron chi connectivity index (χ4n) is 2.76. The molecule has 0 saturated heterocycles. The molecule has 0 aromatic heterocycles. The maximum Gasteiger partial charge on any atom is 0.191 e. The number of nitrogens with zero attached hydrogens (tertiary/aromatic N) is 1. The molecule has 2 aromatic carbocycles. The molecule has 2 rings (SSSR count). The second kappa shape index (κ2) is 11.2. The largest absolute Gasteiger partial charge is 0.383 e. The summed E-state index contributed by atoms with van der Waals surface area (Å²) in [7, 11) is 1.71. The minimum Gasteiger partial charge on any atom is -0.383 e. The lowest BCUT2D eigenvalue weighted by atomic mass is 10.1. The van der Waals surface area contributed by atoms with Gasteiger partial charge in [-0.05, 0) is 49.6 Å². The lowest BCUT2D eigenvalue weighted by Gasteiger charge is -2.13. The van der Waals surface area contributed by atoms with E-state index < -0.39 is 0 Å². The zero-order valence-electron chi connectivity index (χ0n) is 16.9. The number of hydrogen-bond donors (Lipinski definition) is 3. The van der Waals surface area contributed by atoms with Gasteiger partial charge in [0.15, 0.2) is 5.96 Å². The maximum atomic E-state index is 5.05. The molecule has 0 heterocycles. The van der Waals surface area contributed by atoms with Crippen LogP contribution in [0.1, 0.15) is 29.2 Å². The van der Waals surface area contributed by atoms with Crippen molar-refractivity contribution < 1.29 is 4.74 Å². The van der Waals surface area contributed by atoms with Crippen molar-refractivity contribution >= 4 is 11.6 Å². The van der Waals surface area contributed by atoms with Gasteiger partial charge in [-0.3, -0.25) is 0 Å². The first-order valence-electron chi connectivity index (χ1n) is 9.52. The molecule has 0 unspecified atom stereocenters. The first-order valence-corrected chi connectivity index (χ1v) is 9.52. The number of benzene rings is 2. The van der Waals surface area contributed by atoms with Gasteiger partial charge in [-0.25, -0.2) is 4.99 Å². The molecule has 0 aliphatic rings. The fourth-order valence-corrected chi connectivity index (χ4v) is 2.76. The van der Waals surface area contributed by atoms with Crippen LogP contribution >= 0.6 is 0 Å². The van der Waals surface area contributed by atoms with E-state index in [4.69, 9.17) is 9.73 Å². The molecule has 0 fully saturated rings. The van der Waals surface area contributed by atoms with Crippen molar-refractivity contribution in [3.8, 4) is 0 Å². The van der Waals surface area contributed by atoms with Crippen molar-refractivity contribution in [2.24, 2.45) is 4.99 Å². The van der Waals surface area contributed by atoms with Gasteiger partial charge in [0.25, 0.3) is 0 Å². The van der Waals surface area contributed by atoms with Crippen molar-refractivity contribution in [1.82, 2.24) is 10.6 Å². The molecule has 5 heteroatoms. The highest BCUT2D eigenvalue weighted by atomic mass is 16.5. The first kappa shape index (κ1) is 20.8. The van der Waals surface area contributed by atoms with Gasteiger partial charge >= 0.3 is 0 Å². The third kappa shape index (κ3) is 7.31. The summed E-state index contributed by atoms with van der Waals surface area (Å²) >= 11 is 0. The van der Waals surface area contributed by atoms with E-state index >= 15 is 0 Å². The normalized spacial score (nSPS) is 11.3. The van der Waals surface area contributed by atoms with Crippen LogP contribution in [0.25, 0.3) is 0 Å². The summed E-state index contributed by atoms with van der Waals surface area (Å²) in [6, 6.07) is 14.9. The Morgan fingerprint density at radius 1 is 1.04 bits per heavy atom. The SMILES string of the molecule is CCNC(=NCc1ccc(NCCOC)cc1)NCc1ccc(C)cc1C. The Kier molecular flexibility index (Phi) is 8.65. The zero-order valence-corrected chi connectivity index (χ0v) is 16.9. The van der Waals surface area contributed by atoms with Crippen LogP contribution in [0.4, 0.5) is 5.69 Å². The Hall–Kier alpha value is -2.53. The number of aryl methyl sites for hydroxylation is 2. The number of ether oxygens (including phenoxy) is 1. The highest BCUT2D eigenvalue weighted by Gasteiger charge is 2.02. The fraction of sp³-hybridized carbons (Fsp3) is 0.409. The second-order valence-electron chi connectivity index (χ2n) is 6.60. The molecule has 2 aromatic rings. The molecule has 0 radical (unpaired) electrons. The van der Waals surface area contributed by atoms with E-state index in [1.807, 2.05) is 0 Å². The number of hydrogen-bond acceptors (Lipinski definition) is 3. The number of anilines is 1. The van der Waals surface area contributed by atoms with Gasteiger partial charge in [-0.1, -0.05) is 35.9 Å². The van der Waals surface area contributed by atoms with Crippen LogP contribution < -0.4 is 16.0 Å². The number of methoxy groups -OCH3 is 1. The molecule has 0 atom stereocenters. The van der Waals surface area contributed by atoms with E-state index in [-0.39, 0.29) is 0 Å². The number of rotatable bonds is 9. The summed E-state index contributed by atoms with van der Waals surface area (Å²) in [5, 5.41) is 10.1. The van der Waals surface area contributed by atoms with Gasteiger partial charge < -0.3 is 20.7 Å². The predicted octanol–water partition coefficient (Wildman–Crippen LogP) is 3.62. The molecule has 5 nitrogen and oxygen atoms in total. The van der Waals surface area contributed by atoms with E-state index in [1.165, 1.54) is 22.3 Å². The Bertz CT molecular complexity index is 726. The van der Waals surface area contributed by atoms with Crippen LogP contribution in [0.5, 0.6) is 0 Å². The summed E-state index contributed by atoms with van der Waals surface area (Å²) < 4.78 is 5.05. The molecular weight excluding hydrogens is 336 g/mol. The minimum atomic E-state index is 0.639. The smallest absolute Gasteiger partial charge is 0.191 e. The molecule has 0 saturated carbocycles. The van der Waals surface area contributed by atoms with E-state index in [9.17, 15) is 0 Å². The lowest BCUT2D eigenvalue weighted by Crippen LogP contribution is -2.36. The molecule has 27 heavy (non-hydrogen) atoms. The first-order chi connectivity index (χ1) is 13.1. The Labute approximate surface area is 163 Å². The van der Waals surface area contributed by atoms with Crippen molar-refractivity contribution in [3.05, 3.63) is 64.7 Å². The standard InChI is InChI=1S/C22H32N4O/c1-5-23-22(26-16-20-9-6-17(2)14-18(20)3)25-15-19-7-10-21(11-8-19)24-12-13-27-4/h6-11,14,24H,5,12-13,15-16H2,1-4H3,(H2,23,25,26). The summed E-state index contributed by atoms with van der Waals surface area (Å²) in [4.78, 5) is 4.71. The Morgan fingerprint density at radius 2 is 1.81 bits per heavy atom. The van der Waals surface area contributed by atoms with Gasteiger partial charge in [0.05, 0.1) is 13.2 Å². The number of nitrogens with one attached hydrogen (secondary N) is 3. The Balaban J connectivity index is 1.92. The molecule has 0 spiro atoms. The molecular formula is C22H32N4O. The second-order valence-corrected chi connectivity index (χ2v) is 6.60. The lowest BCUT2D eigenvalue weighted by molar-refractivity contribution is 0.211. The summed E-state index contributed by atoms with van der Waals surface area (Å²) in [6.45, 7) is 10.1. The summed E-state index contributed by atoms with van der Waals surface area (Å²) in [6.07, 6.45) is 0. The van der Waals surface area contributed by atoms with Gasteiger partial charge in [0, 0.05) is 32.4 Å². The third-order valence-electron chi connectivity index (χ3n) is 4.30. The molecule has 0 aliphatic carbocycles. The monoisotopic (exact) mass is 368 g/mol. The minimum absolute atomic E-state index is 0.639. The average Bonchev–Trinajstić information content (AvgIpc) is 2.66. The van der Waals surface area contributed by atoms with Crippen molar-refractivity contribution in [2.45, 2.75) is 33.9 Å². The average molecular weight is 369 g/mol. The van der Waals surface area contributed by atoms with Crippen LogP contribution in [0, 0.1) is 13.8 Å². The van der Waals surface area contributed by atoms with E-state index in [0.29, 0.717) is 13.2 Å². The van der Waals surface area contributed by atoms with Gasteiger partial charge in [-0.2, -0.15) is 0 Å². The third-order valence-corrected chi connectivity index (χ3v) is 4.30. The van der Waals surface area contributed by atoms with Crippen LogP contribution in [0.3, 0.4) is 0 Å².